The zero-order chi connectivity index (χ0) is 14.7. The maximum atomic E-state index is 6.34. The smallest absolute Gasteiger partial charge is 0.134 e. The zero-order valence-corrected chi connectivity index (χ0v) is 13.3. The molecular formula is C17H29NO2. The SMILES string of the molecule is CCC(N)C(OC1CCC(C)C(C)C1)c1ccc(C)o1. The van der Waals surface area contributed by atoms with Crippen molar-refractivity contribution in [3.63, 3.8) is 0 Å². The number of hydrogen-bond acceptors (Lipinski definition) is 3. The Bertz CT molecular complexity index is 415. The van der Waals surface area contributed by atoms with Crippen molar-refractivity contribution in [2.24, 2.45) is 17.6 Å². The van der Waals surface area contributed by atoms with Gasteiger partial charge in [0, 0.05) is 6.04 Å². The molecule has 3 nitrogen and oxygen atoms in total. The Morgan fingerprint density at radius 1 is 1.30 bits per heavy atom. The summed E-state index contributed by atoms with van der Waals surface area (Å²) < 4.78 is 12.1. The minimum absolute atomic E-state index is 0.00444. The first-order valence-corrected chi connectivity index (χ1v) is 7.98. The van der Waals surface area contributed by atoms with Crippen LogP contribution in [0.2, 0.25) is 0 Å². The van der Waals surface area contributed by atoms with Crippen molar-refractivity contribution in [2.75, 3.05) is 0 Å². The van der Waals surface area contributed by atoms with Crippen molar-refractivity contribution in [2.45, 2.75) is 71.6 Å². The van der Waals surface area contributed by atoms with Gasteiger partial charge in [-0.3, -0.25) is 0 Å². The summed E-state index contributed by atoms with van der Waals surface area (Å²) in [7, 11) is 0. The third-order valence-corrected chi connectivity index (χ3v) is 4.79. The van der Waals surface area contributed by atoms with Crippen molar-refractivity contribution in [3.8, 4) is 0 Å². The maximum Gasteiger partial charge on any atom is 0.134 e. The van der Waals surface area contributed by atoms with Crippen molar-refractivity contribution in [3.05, 3.63) is 23.7 Å². The minimum Gasteiger partial charge on any atom is -0.464 e. The van der Waals surface area contributed by atoms with E-state index in [-0.39, 0.29) is 12.1 Å². The van der Waals surface area contributed by atoms with Crippen LogP contribution in [0.15, 0.2) is 16.5 Å². The molecule has 0 radical (unpaired) electrons. The molecule has 2 rings (SSSR count). The van der Waals surface area contributed by atoms with E-state index in [0.717, 1.165) is 42.6 Å². The summed E-state index contributed by atoms with van der Waals surface area (Å²) in [6, 6.07) is 3.99. The molecule has 1 aliphatic carbocycles. The first-order valence-electron chi connectivity index (χ1n) is 7.98. The number of nitrogens with two attached hydrogens (primary N) is 1. The molecule has 1 fully saturated rings. The summed E-state index contributed by atoms with van der Waals surface area (Å²) in [5.74, 6) is 3.33. The number of ether oxygens (including phenoxy) is 1. The molecule has 0 bridgehead atoms. The minimum atomic E-state index is -0.112. The maximum absolute atomic E-state index is 6.34. The zero-order valence-electron chi connectivity index (χ0n) is 13.3. The van der Waals surface area contributed by atoms with Gasteiger partial charge in [0.2, 0.25) is 0 Å². The van der Waals surface area contributed by atoms with E-state index in [0.29, 0.717) is 6.10 Å². The lowest BCUT2D eigenvalue weighted by atomic mass is 9.80. The summed E-state index contributed by atoms with van der Waals surface area (Å²) in [5, 5.41) is 0. The molecule has 1 aromatic heterocycles. The lowest BCUT2D eigenvalue weighted by Crippen LogP contribution is -2.35. The van der Waals surface area contributed by atoms with Crippen molar-refractivity contribution in [1.29, 1.82) is 0 Å². The molecule has 2 N–H and O–H groups in total. The van der Waals surface area contributed by atoms with Crippen molar-refractivity contribution in [1.82, 2.24) is 0 Å². The van der Waals surface area contributed by atoms with Crippen LogP contribution in [0.5, 0.6) is 0 Å². The van der Waals surface area contributed by atoms with Crippen molar-refractivity contribution < 1.29 is 9.15 Å². The Kier molecular flexibility index (Phi) is 5.28. The molecule has 3 heteroatoms. The Morgan fingerprint density at radius 3 is 2.60 bits per heavy atom. The first-order chi connectivity index (χ1) is 9.51. The highest BCUT2D eigenvalue weighted by Gasteiger charge is 2.30. The largest absolute Gasteiger partial charge is 0.464 e. The van der Waals surface area contributed by atoms with E-state index < -0.39 is 0 Å². The van der Waals surface area contributed by atoms with E-state index in [1.807, 2.05) is 19.1 Å². The van der Waals surface area contributed by atoms with Gasteiger partial charge >= 0.3 is 0 Å². The van der Waals surface area contributed by atoms with E-state index in [9.17, 15) is 0 Å². The molecular weight excluding hydrogens is 250 g/mol. The number of furan rings is 1. The third kappa shape index (κ3) is 3.64. The molecule has 1 saturated carbocycles. The predicted molar refractivity (Wildman–Crippen MR) is 81.5 cm³/mol. The lowest BCUT2D eigenvalue weighted by Gasteiger charge is -2.35. The highest BCUT2D eigenvalue weighted by Crippen LogP contribution is 2.35. The average molecular weight is 279 g/mol. The summed E-state index contributed by atoms with van der Waals surface area (Å²) in [6.45, 7) is 8.73. The van der Waals surface area contributed by atoms with E-state index in [1.165, 1.54) is 6.42 Å². The van der Waals surface area contributed by atoms with Crippen LogP contribution in [0, 0.1) is 18.8 Å². The molecule has 5 unspecified atom stereocenters. The Hall–Kier alpha value is -0.800. The van der Waals surface area contributed by atoms with Gasteiger partial charge in [-0.1, -0.05) is 20.8 Å². The molecule has 1 aliphatic rings. The Balaban J connectivity index is 2.05. The molecule has 0 aromatic carbocycles. The second kappa shape index (κ2) is 6.77. The fourth-order valence-electron chi connectivity index (χ4n) is 3.03. The van der Waals surface area contributed by atoms with Crippen molar-refractivity contribution >= 4 is 0 Å². The summed E-state index contributed by atoms with van der Waals surface area (Å²) in [6.07, 6.45) is 4.61. The van der Waals surface area contributed by atoms with Gasteiger partial charge < -0.3 is 14.9 Å². The Labute approximate surface area is 122 Å². The molecule has 114 valence electrons. The lowest BCUT2D eigenvalue weighted by molar-refractivity contribution is -0.0677. The molecule has 5 atom stereocenters. The third-order valence-electron chi connectivity index (χ3n) is 4.79. The van der Waals surface area contributed by atoms with Crippen LogP contribution in [0.1, 0.15) is 64.1 Å². The van der Waals surface area contributed by atoms with E-state index >= 15 is 0 Å². The fourth-order valence-corrected chi connectivity index (χ4v) is 3.03. The van der Waals surface area contributed by atoms with Crippen LogP contribution in [0.3, 0.4) is 0 Å². The monoisotopic (exact) mass is 279 g/mol. The van der Waals surface area contributed by atoms with Gasteiger partial charge in [0.05, 0.1) is 6.10 Å². The molecule has 1 aromatic rings. The van der Waals surface area contributed by atoms with Gasteiger partial charge in [-0.15, -0.1) is 0 Å². The number of rotatable bonds is 5. The van der Waals surface area contributed by atoms with Crippen LogP contribution in [-0.2, 0) is 4.74 Å². The molecule has 1 heterocycles. The van der Waals surface area contributed by atoms with Gasteiger partial charge in [0.15, 0.2) is 0 Å². The topological polar surface area (TPSA) is 48.4 Å². The van der Waals surface area contributed by atoms with E-state index in [2.05, 4.69) is 20.8 Å². The quantitative estimate of drug-likeness (QED) is 0.878. The van der Waals surface area contributed by atoms with Crippen LogP contribution in [0.25, 0.3) is 0 Å². The molecule has 0 amide bonds. The average Bonchev–Trinajstić information content (AvgIpc) is 2.85. The molecule has 0 saturated heterocycles. The number of hydrogen-bond donors (Lipinski definition) is 1. The van der Waals surface area contributed by atoms with Gasteiger partial charge in [0.25, 0.3) is 0 Å². The molecule has 0 aliphatic heterocycles. The van der Waals surface area contributed by atoms with Gasteiger partial charge in [-0.25, -0.2) is 0 Å². The number of aryl methyl sites for hydroxylation is 1. The standard InChI is InChI=1S/C17H29NO2/c1-5-15(18)17(16-9-7-13(4)19-16)20-14-8-6-11(2)12(3)10-14/h7,9,11-12,14-15,17H,5-6,8,10,18H2,1-4H3. The summed E-state index contributed by atoms with van der Waals surface area (Å²) in [4.78, 5) is 0. The normalized spacial score (nSPS) is 30.1. The van der Waals surface area contributed by atoms with Crippen LogP contribution in [0.4, 0.5) is 0 Å². The fraction of sp³-hybridized carbons (Fsp3) is 0.765. The highest BCUT2D eigenvalue weighted by atomic mass is 16.5. The summed E-state index contributed by atoms with van der Waals surface area (Å²) in [5.41, 5.74) is 6.25. The predicted octanol–water partition coefficient (Wildman–Crippen LogP) is 4.21. The van der Waals surface area contributed by atoms with E-state index in [1.54, 1.807) is 0 Å². The second-order valence-corrected chi connectivity index (χ2v) is 6.47. The second-order valence-electron chi connectivity index (χ2n) is 6.47. The first kappa shape index (κ1) is 15.6. The van der Waals surface area contributed by atoms with Gasteiger partial charge in [-0.2, -0.15) is 0 Å². The highest BCUT2D eigenvalue weighted by molar-refractivity contribution is 5.10. The van der Waals surface area contributed by atoms with Gasteiger partial charge in [0.1, 0.15) is 17.6 Å². The Morgan fingerprint density at radius 2 is 2.05 bits per heavy atom. The van der Waals surface area contributed by atoms with Crippen LogP contribution >= 0.6 is 0 Å². The van der Waals surface area contributed by atoms with Gasteiger partial charge in [-0.05, 0) is 56.6 Å². The summed E-state index contributed by atoms with van der Waals surface area (Å²) >= 11 is 0. The van der Waals surface area contributed by atoms with Crippen LogP contribution < -0.4 is 5.73 Å². The van der Waals surface area contributed by atoms with Crippen LogP contribution in [-0.4, -0.2) is 12.1 Å². The molecule has 0 spiro atoms. The molecule has 20 heavy (non-hydrogen) atoms. The van der Waals surface area contributed by atoms with E-state index in [4.69, 9.17) is 14.9 Å².